The molecule has 0 spiro atoms. The van der Waals surface area contributed by atoms with Crippen molar-refractivity contribution in [1.29, 1.82) is 0 Å². The van der Waals surface area contributed by atoms with Crippen LogP contribution in [0.5, 0.6) is 0 Å². The summed E-state index contributed by atoms with van der Waals surface area (Å²) in [6.45, 7) is 7.19. The molecule has 1 aliphatic rings. The van der Waals surface area contributed by atoms with Crippen molar-refractivity contribution in [2.75, 3.05) is 0 Å². The van der Waals surface area contributed by atoms with Crippen LogP contribution in [-0.4, -0.2) is 25.8 Å². The van der Waals surface area contributed by atoms with E-state index < -0.39 is 11.4 Å². The molecule has 0 radical (unpaired) electrons. The fraction of sp³-hybridized carbons (Fsp3) is 0.800. The van der Waals surface area contributed by atoms with Gasteiger partial charge in [-0.15, -0.1) is 0 Å². The summed E-state index contributed by atoms with van der Waals surface area (Å²) in [4.78, 5) is 16.1. The number of carboxylic acids is 1. The van der Waals surface area contributed by atoms with E-state index in [1.165, 1.54) is 6.33 Å². The predicted octanol–water partition coefficient (Wildman–Crippen LogP) is 2.76. The summed E-state index contributed by atoms with van der Waals surface area (Å²) in [6.07, 6.45) is 5.53. The SMILES string of the molecule is CCn1ncnc1CC1(C(=O)O)CCC(C(C)C)CC1. The third-order valence-corrected chi connectivity index (χ3v) is 4.88. The molecule has 1 aromatic rings. The molecule has 2 rings (SSSR count). The summed E-state index contributed by atoms with van der Waals surface area (Å²) in [6, 6.07) is 0. The Kier molecular flexibility index (Phi) is 4.45. The highest BCUT2D eigenvalue weighted by Crippen LogP contribution is 2.43. The molecule has 20 heavy (non-hydrogen) atoms. The first kappa shape index (κ1) is 15.0. The molecule has 1 fully saturated rings. The van der Waals surface area contributed by atoms with Crippen molar-refractivity contribution in [1.82, 2.24) is 14.8 Å². The summed E-state index contributed by atoms with van der Waals surface area (Å²) in [7, 11) is 0. The van der Waals surface area contributed by atoms with Crippen LogP contribution in [0.4, 0.5) is 0 Å². The van der Waals surface area contributed by atoms with E-state index in [4.69, 9.17) is 0 Å². The number of rotatable bonds is 5. The molecule has 112 valence electrons. The lowest BCUT2D eigenvalue weighted by atomic mass is 9.66. The van der Waals surface area contributed by atoms with Crippen LogP contribution in [-0.2, 0) is 17.8 Å². The molecule has 1 N–H and O–H groups in total. The van der Waals surface area contributed by atoms with E-state index >= 15 is 0 Å². The summed E-state index contributed by atoms with van der Waals surface area (Å²) >= 11 is 0. The summed E-state index contributed by atoms with van der Waals surface area (Å²) in [5, 5.41) is 13.9. The maximum absolute atomic E-state index is 11.8. The Morgan fingerprint density at radius 1 is 1.50 bits per heavy atom. The average Bonchev–Trinajstić information content (AvgIpc) is 2.86. The maximum atomic E-state index is 11.8. The molecule has 0 saturated heterocycles. The van der Waals surface area contributed by atoms with Crippen molar-refractivity contribution < 1.29 is 9.90 Å². The number of aliphatic carboxylic acids is 1. The molecule has 0 aliphatic heterocycles. The molecular weight excluding hydrogens is 254 g/mol. The molecule has 1 aromatic heterocycles. The van der Waals surface area contributed by atoms with Crippen molar-refractivity contribution in [3.8, 4) is 0 Å². The largest absolute Gasteiger partial charge is 0.481 e. The highest BCUT2D eigenvalue weighted by Gasteiger charge is 2.43. The second kappa shape index (κ2) is 5.94. The molecule has 0 amide bonds. The molecule has 1 aliphatic carbocycles. The molecule has 0 atom stereocenters. The van der Waals surface area contributed by atoms with Crippen LogP contribution in [0, 0.1) is 17.3 Å². The predicted molar refractivity (Wildman–Crippen MR) is 76.3 cm³/mol. The van der Waals surface area contributed by atoms with E-state index in [-0.39, 0.29) is 0 Å². The van der Waals surface area contributed by atoms with Gasteiger partial charge in [-0.25, -0.2) is 4.98 Å². The zero-order valence-corrected chi connectivity index (χ0v) is 12.7. The summed E-state index contributed by atoms with van der Waals surface area (Å²) < 4.78 is 1.80. The van der Waals surface area contributed by atoms with Gasteiger partial charge in [0, 0.05) is 13.0 Å². The van der Waals surface area contributed by atoms with Gasteiger partial charge in [-0.05, 0) is 44.4 Å². The van der Waals surface area contributed by atoms with E-state index in [0.717, 1.165) is 38.1 Å². The first-order valence-electron chi connectivity index (χ1n) is 7.58. The van der Waals surface area contributed by atoms with E-state index in [2.05, 4.69) is 23.9 Å². The fourth-order valence-electron chi connectivity index (χ4n) is 3.32. The average molecular weight is 279 g/mol. The molecule has 1 heterocycles. The number of carboxylic acid groups (broad SMARTS) is 1. The number of nitrogens with zero attached hydrogens (tertiary/aromatic N) is 3. The highest BCUT2D eigenvalue weighted by molar-refractivity contribution is 5.75. The first-order chi connectivity index (χ1) is 9.48. The monoisotopic (exact) mass is 279 g/mol. The Bertz CT molecular complexity index is 459. The van der Waals surface area contributed by atoms with E-state index in [1.54, 1.807) is 4.68 Å². The minimum Gasteiger partial charge on any atom is -0.481 e. The zero-order valence-electron chi connectivity index (χ0n) is 12.7. The number of hydrogen-bond donors (Lipinski definition) is 1. The van der Waals surface area contributed by atoms with Crippen LogP contribution in [0.3, 0.4) is 0 Å². The van der Waals surface area contributed by atoms with Gasteiger partial charge < -0.3 is 5.11 Å². The van der Waals surface area contributed by atoms with Gasteiger partial charge in [0.2, 0.25) is 0 Å². The lowest BCUT2D eigenvalue weighted by Crippen LogP contribution is -2.39. The summed E-state index contributed by atoms with van der Waals surface area (Å²) in [5.41, 5.74) is -0.647. The lowest BCUT2D eigenvalue weighted by molar-refractivity contribution is -0.152. The topological polar surface area (TPSA) is 68.0 Å². The van der Waals surface area contributed by atoms with Crippen molar-refractivity contribution >= 4 is 5.97 Å². The third-order valence-electron chi connectivity index (χ3n) is 4.88. The number of aromatic nitrogens is 3. The second-order valence-corrected chi connectivity index (χ2v) is 6.34. The maximum Gasteiger partial charge on any atom is 0.310 e. The van der Waals surface area contributed by atoms with Crippen LogP contribution in [0.25, 0.3) is 0 Å². The third kappa shape index (κ3) is 2.86. The number of carbonyl (C=O) groups is 1. The number of hydrogen-bond acceptors (Lipinski definition) is 3. The molecule has 0 unspecified atom stereocenters. The van der Waals surface area contributed by atoms with Crippen molar-refractivity contribution in [2.45, 2.75) is 59.4 Å². The number of aryl methyl sites for hydroxylation is 1. The van der Waals surface area contributed by atoms with E-state index in [0.29, 0.717) is 18.3 Å². The zero-order chi connectivity index (χ0) is 14.8. The van der Waals surface area contributed by atoms with Crippen LogP contribution in [0.2, 0.25) is 0 Å². The normalized spacial score (nSPS) is 26.9. The Morgan fingerprint density at radius 2 is 2.15 bits per heavy atom. The van der Waals surface area contributed by atoms with Gasteiger partial charge in [-0.1, -0.05) is 13.8 Å². The highest BCUT2D eigenvalue weighted by atomic mass is 16.4. The van der Waals surface area contributed by atoms with Crippen molar-refractivity contribution in [3.05, 3.63) is 12.2 Å². The van der Waals surface area contributed by atoms with E-state index in [1.807, 2.05) is 6.92 Å². The second-order valence-electron chi connectivity index (χ2n) is 6.34. The Hall–Kier alpha value is -1.39. The minimum atomic E-state index is -0.676. The Balaban J connectivity index is 2.14. The van der Waals surface area contributed by atoms with Gasteiger partial charge in [0.15, 0.2) is 0 Å². The van der Waals surface area contributed by atoms with E-state index in [9.17, 15) is 9.90 Å². The molecule has 1 saturated carbocycles. The molecule has 0 aromatic carbocycles. The standard InChI is InChI=1S/C15H25N3O2/c1-4-18-13(16-10-17-18)9-15(14(19)20)7-5-12(6-8-15)11(2)3/h10-12H,4-9H2,1-3H3,(H,19,20). The van der Waals surface area contributed by atoms with Gasteiger partial charge in [-0.2, -0.15) is 5.10 Å². The molecule has 5 nitrogen and oxygen atoms in total. The minimum absolute atomic E-state index is 0.501. The molecular formula is C15H25N3O2. The molecule has 0 bridgehead atoms. The van der Waals surface area contributed by atoms with Crippen molar-refractivity contribution in [3.63, 3.8) is 0 Å². The van der Waals surface area contributed by atoms with Crippen LogP contribution >= 0.6 is 0 Å². The fourth-order valence-corrected chi connectivity index (χ4v) is 3.32. The molecule has 5 heteroatoms. The van der Waals surface area contributed by atoms with Gasteiger partial charge in [0.1, 0.15) is 12.2 Å². The van der Waals surface area contributed by atoms with Crippen LogP contribution in [0.15, 0.2) is 6.33 Å². The Morgan fingerprint density at radius 3 is 2.65 bits per heavy atom. The first-order valence-corrected chi connectivity index (χ1v) is 7.58. The quantitative estimate of drug-likeness (QED) is 0.900. The van der Waals surface area contributed by atoms with Gasteiger partial charge >= 0.3 is 5.97 Å². The van der Waals surface area contributed by atoms with Gasteiger partial charge in [0.05, 0.1) is 5.41 Å². The smallest absolute Gasteiger partial charge is 0.310 e. The van der Waals surface area contributed by atoms with Gasteiger partial charge in [0.25, 0.3) is 0 Å². The lowest BCUT2D eigenvalue weighted by Gasteiger charge is -2.38. The Labute approximate surface area is 120 Å². The van der Waals surface area contributed by atoms with Crippen LogP contribution in [0.1, 0.15) is 52.3 Å². The van der Waals surface area contributed by atoms with Gasteiger partial charge in [-0.3, -0.25) is 9.48 Å². The van der Waals surface area contributed by atoms with Crippen molar-refractivity contribution in [2.24, 2.45) is 17.3 Å². The van der Waals surface area contributed by atoms with Crippen LogP contribution < -0.4 is 0 Å². The summed E-state index contributed by atoms with van der Waals surface area (Å²) in [5.74, 6) is 1.43.